The molecule has 0 saturated carbocycles. The van der Waals surface area contributed by atoms with Crippen LogP contribution in [0.25, 0.3) is 0 Å². The van der Waals surface area contributed by atoms with Crippen LogP contribution in [0.15, 0.2) is 6.20 Å². The van der Waals surface area contributed by atoms with Gasteiger partial charge in [0, 0.05) is 11.9 Å². The van der Waals surface area contributed by atoms with Crippen LogP contribution in [0.2, 0.25) is 0 Å². The lowest BCUT2D eigenvalue weighted by Crippen LogP contribution is -2.06. The summed E-state index contributed by atoms with van der Waals surface area (Å²) < 4.78 is 0. The number of aromatic nitrogens is 2. The predicted molar refractivity (Wildman–Crippen MR) is 52.3 cm³/mol. The van der Waals surface area contributed by atoms with Crippen molar-refractivity contribution in [1.82, 2.24) is 9.97 Å². The van der Waals surface area contributed by atoms with E-state index in [2.05, 4.69) is 9.97 Å². The average Bonchev–Trinajstić information content (AvgIpc) is 2.08. The van der Waals surface area contributed by atoms with E-state index in [-0.39, 0.29) is 0 Å². The van der Waals surface area contributed by atoms with E-state index < -0.39 is 0 Å². The topological polar surface area (TPSA) is 51.8 Å². The van der Waals surface area contributed by atoms with Crippen molar-refractivity contribution in [3.8, 4) is 0 Å². The first-order chi connectivity index (χ1) is 6.36. The van der Waals surface area contributed by atoms with Gasteiger partial charge < -0.3 is 5.73 Å². The summed E-state index contributed by atoms with van der Waals surface area (Å²) in [6.45, 7) is 0. The van der Waals surface area contributed by atoms with E-state index in [0.29, 0.717) is 5.95 Å². The molecular weight excluding hydrogens is 162 g/mol. The highest BCUT2D eigenvalue weighted by molar-refractivity contribution is 5.25. The highest BCUT2D eigenvalue weighted by Gasteiger charge is 2.08. The molecule has 1 aliphatic carbocycles. The second-order valence-corrected chi connectivity index (χ2v) is 3.61. The molecule has 0 amide bonds. The molecule has 1 aliphatic rings. The van der Waals surface area contributed by atoms with Gasteiger partial charge in [-0.2, -0.15) is 0 Å². The number of rotatable bonds is 0. The van der Waals surface area contributed by atoms with Crippen LogP contribution in [0.1, 0.15) is 36.9 Å². The quantitative estimate of drug-likeness (QED) is 0.656. The van der Waals surface area contributed by atoms with Gasteiger partial charge in [0.25, 0.3) is 0 Å². The molecule has 13 heavy (non-hydrogen) atoms. The number of anilines is 1. The normalized spacial score (nSPS) is 17.2. The van der Waals surface area contributed by atoms with Gasteiger partial charge in [0.05, 0.1) is 0 Å². The molecule has 2 rings (SSSR count). The molecule has 0 spiro atoms. The van der Waals surface area contributed by atoms with Gasteiger partial charge in [0.2, 0.25) is 5.95 Å². The van der Waals surface area contributed by atoms with E-state index in [1.54, 1.807) is 0 Å². The Kier molecular flexibility index (Phi) is 2.43. The zero-order valence-corrected chi connectivity index (χ0v) is 7.79. The molecule has 0 aromatic carbocycles. The Balaban J connectivity index is 2.28. The Morgan fingerprint density at radius 2 is 1.85 bits per heavy atom. The van der Waals surface area contributed by atoms with Gasteiger partial charge in [-0.3, -0.25) is 0 Å². The first-order valence-corrected chi connectivity index (χ1v) is 4.96. The minimum atomic E-state index is 0.416. The fraction of sp³-hybridized carbons (Fsp3) is 0.600. The van der Waals surface area contributed by atoms with E-state index in [0.717, 1.165) is 12.8 Å². The Hall–Kier alpha value is -1.12. The number of nitrogens with zero attached hydrogens (tertiary/aromatic N) is 2. The lowest BCUT2D eigenvalue weighted by Gasteiger charge is -2.11. The molecule has 0 radical (unpaired) electrons. The van der Waals surface area contributed by atoms with Gasteiger partial charge in [-0.25, -0.2) is 9.97 Å². The van der Waals surface area contributed by atoms with Crippen LogP contribution in [-0.4, -0.2) is 9.97 Å². The molecule has 0 atom stereocenters. The first-order valence-electron chi connectivity index (χ1n) is 4.96. The summed E-state index contributed by atoms with van der Waals surface area (Å²) >= 11 is 0. The minimum Gasteiger partial charge on any atom is -0.368 e. The van der Waals surface area contributed by atoms with Gasteiger partial charge >= 0.3 is 0 Å². The maximum absolute atomic E-state index is 5.55. The van der Waals surface area contributed by atoms with E-state index in [1.165, 1.54) is 36.9 Å². The Morgan fingerprint density at radius 1 is 1.08 bits per heavy atom. The zero-order chi connectivity index (χ0) is 9.10. The highest BCUT2D eigenvalue weighted by Crippen LogP contribution is 2.17. The molecule has 0 saturated heterocycles. The van der Waals surface area contributed by atoms with Crippen molar-refractivity contribution in [2.75, 3.05) is 5.73 Å². The van der Waals surface area contributed by atoms with Crippen molar-refractivity contribution in [3.63, 3.8) is 0 Å². The number of hydrogen-bond donors (Lipinski definition) is 1. The SMILES string of the molecule is Nc1ncc2c(n1)CCCCCC2. The van der Waals surface area contributed by atoms with Crippen molar-refractivity contribution < 1.29 is 0 Å². The molecule has 70 valence electrons. The number of nitrogens with two attached hydrogens (primary N) is 1. The van der Waals surface area contributed by atoms with Crippen molar-refractivity contribution in [1.29, 1.82) is 0 Å². The third-order valence-corrected chi connectivity index (χ3v) is 2.58. The van der Waals surface area contributed by atoms with Crippen LogP contribution in [-0.2, 0) is 12.8 Å². The molecule has 3 heteroatoms. The van der Waals surface area contributed by atoms with E-state index >= 15 is 0 Å². The molecule has 2 N–H and O–H groups in total. The van der Waals surface area contributed by atoms with E-state index in [4.69, 9.17) is 5.73 Å². The van der Waals surface area contributed by atoms with E-state index in [1.807, 2.05) is 6.20 Å². The number of aryl methyl sites for hydroxylation is 2. The van der Waals surface area contributed by atoms with Crippen molar-refractivity contribution in [2.24, 2.45) is 0 Å². The van der Waals surface area contributed by atoms with Crippen LogP contribution in [0, 0.1) is 0 Å². The number of fused-ring (bicyclic) bond motifs is 1. The van der Waals surface area contributed by atoms with Gasteiger partial charge in [0.15, 0.2) is 0 Å². The minimum absolute atomic E-state index is 0.416. The molecule has 0 bridgehead atoms. The third-order valence-electron chi connectivity index (χ3n) is 2.58. The van der Waals surface area contributed by atoms with Crippen LogP contribution < -0.4 is 5.73 Å². The van der Waals surface area contributed by atoms with Crippen molar-refractivity contribution in [2.45, 2.75) is 38.5 Å². The van der Waals surface area contributed by atoms with Crippen molar-refractivity contribution >= 4 is 5.95 Å². The zero-order valence-electron chi connectivity index (χ0n) is 7.79. The lowest BCUT2D eigenvalue weighted by molar-refractivity contribution is 0.607. The largest absolute Gasteiger partial charge is 0.368 e. The molecule has 1 aromatic rings. The van der Waals surface area contributed by atoms with Crippen LogP contribution >= 0.6 is 0 Å². The van der Waals surface area contributed by atoms with Crippen LogP contribution in [0.4, 0.5) is 5.95 Å². The fourth-order valence-corrected chi connectivity index (χ4v) is 1.84. The van der Waals surface area contributed by atoms with Crippen LogP contribution in [0.5, 0.6) is 0 Å². The summed E-state index contributed by atoms with van der Waals surface area (Å²) in [4.78, 5) is 8.31. The van der Waals surface area contributed by atoms with Crippen LogP contribution in [0.3, 0.4) is 0 Å². The summed E-state index contributed by atoms with van der Waals surface area (Å²) in [6, 6.07) is 0. The van der Waals surface area contributed by atoms with Gasteiger partial charge in [0.1, 0.15) is 0 Å². The number of hydrogen-bond acceptors (Lipinski definition) is 3. The maximum atomic E-state index is 5.55. The second-order valence-electron chi connectivity index (χ2n) is 3.61. The summed E-state index contributed by atoms with van der Waals surface area (Å²) in [6.07, 6.45) is 9.25. The number of nitrogen functional groups attached to an aromatic ring is 1. The Morgan fingerprint density at radius 3 is 2.69 bits per heavy atom. The lowest BCUT2D eigenvalue weighted by atomic mass is 9.98. The van der Waals surface area contributed by atoms with E-state index in [9.17, 15) is 0 Å². The molecule has 0 aliphatic heterocycles. The summed E-state index contributed by atoms with van der Waals surface area (Å²) in [5, 5.41) is 0. The third kappa shape index (κ3) is 1.97. The predicted octanol–water partition coefficient (Wildman–Crippen LogP) is 1.72. The van der Waals surface area contributed by atoms with Gasteiger partial charge in [-0.05, 0) is 31.2 Å². The summed E-state index contributed by atoms with van der Waals surface area (Å²) in [5.74, 6) is 0.416. The smallest absolute Gasteiger partial charge is 0.220 e. The fourth-order valence-electron chi connectivity index (χ4n) is 1.84. The maximum Gasteiger partial charge on any atom is 0.220 e. The standard InChI is InChI=1S/C10H15N3/c11-10-12-7-8-5-3-1-2-4-6-9(8)13-10/h7H,1-6H2,(H2,11,12,13). The van der Waals surface area contributed by atoms with Crippen molar-refractivity contribution in [3.05, 3.63) is 17.5 Å². The monoisotopic (exact) mass is 177 g/mol. The summed E-state index contributed by atoms with van der Waals surface area (Å²) in [5.41, 5.74) is 8.02. The Labute approximate surface area is 78.4 Å². The first kappa shape index (κ1) is 8.48. The molecule has 3 nitrogen and oxygen atoms in total. The molecule has 0 unspecified atom stereocenters. The van der Waals surface area contributed by atoms with Gasteiger partial charge in [-0.1, -0.05) is 12.8 Å². The molecule has 1 aromatic heterocycles. The average molecular weight is 177 g/mol. The Bertz CT molecular complexity index is 296. The molecule has 1 heterocycles. The molecule has 0 fully saturated rings. The van der Waals surface area contributed by atoms with Gasteiger partial charge in [-0.15, -0.1) is 0 Å². The molecular formula is C10H15N3. The summed E-state index contributed by atoms with van der Waals surface area (Å²) in [7, 11) is 0. The highest BCUT2D eigenvalue weighted by atomic mass is 15.0. The second kappa shape index (κ2) is 3.73.